The smallest absolute Gasteiger partial charge is 0.0727 e. The topological polar surface area (TPSA) is 6.48 Å². The second-order valence-electron chi connectivity index (χ2n) is 15.3. The monoisotopic (exact) mass is 706 g/mol. The molecule has 10 rings (SSSR count). The van der Waals surface area contributed by atoms with E-state index in [1.165, 1.54) is 66.8 Å². The number of fused-ring (bicyclic) bond motifs is 10. The molecular weight excluding hydrogens is 665 g/mol. The van der Waals surface area contributed by atoms with Crippen molar-refractivity contribution in [2.75, 3.05) is 9.80 Å². The second-order valence-corrected chi connectivity index (χ2v) is 15.3. The molecule has 1 spiro atoms. The van der Waals surface area contributed by atoms with Crippen molar-refractivity contribution in [1.29, 1.82) is 0 Å². The maximum atomic E-state index is 2.48. The van der Waals surface area contributed by atoms with Crippen LogP contribution < -0.4 is 9.80 Å². The third-order valence-corrected chi connectivity index (χ3v) is 11.7. The molecule has 0 aliphatic heterocycles. The minimum absolute atomic E-state index is 0.512. The number of hydrogen-bond donors (Lipinski definition) is 0. The van der Waals surface area contributed by atoms with Gasteiger partial charge in [0.15, 0.2) is 0 Å². The van der Waals surface area contributed by atoms with Crippen LogP contribution in [0.5, 0.6) is 0 Å². The van der Waals surface area contributed by atoms with Gasteiger partial charge in [-0.25, -0.2) is 0 Å². The highest BCUT2D eigenvalue weighted by molar-refractivity contribution is 5.97. The predicted molar refractivity (Wildman–Crippen MR) is 231 cm³/mol. The summed E-state index contributed by atoms with van der Waals surface area (Å²) in [5.41, 5.74) is 21.8. The fourth-order valence-electron chi connectivity index (χ4n) is 9.06. The summed E-state index contributed by atoms with van der Waals surface area (Å²) in [6, 6.07) is 68.1. The van der Waals surface area contributed by atoms with Crippen LogP contribution in [-0.4, -0.2) is 0 Å². The first-order chi connectivity index (χ1) is 26.9. The summed E-state index contributed by atoms with van der Waals surface area (Å²) in [7, 11) is 0. The van der Waals surface area contributed by atoms with Crippen molar-refractivity contribution in [3.05, 3.63) is 226 Å². The fourth-order valence-corrected chi connectivity index (χ4v) is 9.06. The van der Waals surface area contributed by atoms with Gasteiger partial charge in [0.1, 0.15) is 0 Å². The maximum Gasteiger partial charge on any atom is 0.0727 e. The lowest BCUT2D eigenvalue weighted by atomic mass is 9.70. The Morgan fingerprint density at radius 3 is 0.873 bits per heavy atom. The molecule has 2 aliphatic rings. The van der Waals surface area contributed by atoms with Gasteiger partial charge in [-0.05, 0) is 145 Å². The molecule has 0 saturated carbocycles. The van der Waals surface area contributed by atoms with Gasteiger partial charge in [0.2, 0.25) is 0 Å². The Balaban J connectivity index is 1.25. The summed E-state index contributed by atoms with van der Waals surface area (Å²) in [6.07, 6.45) is 0. The predicted octanol–water partition coefficient (Wildman–Crippen LogP) is 14.2. The first-order valence-corrected chi connectivity index (χ1v) is 19.3. The Labute approximate surface area is 324 Å². The standard InChI is InChI=1S/C53H42N2/c1-35-13-21-39(22-14-35)54(40-23-15-36(2)16-24-40)43-29-31-47-48-32-30-44(55(41-25-17-37(3)18-26-41)42-27-19-38(4)20-28-42)34-52(48)53(51(47)33-43)49-11-7-5-9-45(49)46-10-6-8-12-50(46)53/h5-34H,1-4H3. The van der Waals surface area contributed by atoms with Gasteiger partial charge >= 0.3 is 0 Å². The molecule has 264 valence electrons. The van der Waals surface area contributed by atoms with Crippen molar-refractivity contribution in [1.82, 2.24) is 0 Å². The maximum absolute atomic E-state index is 2.48. The van der Waals surface area contributed by atoms with Crippen LogP contribution in [0, 0.1) is 27.7 Å². The minimum atomic E-state index is -0.512. The second kappa shape index (κ2) is 12.7. The van der Waals surface area contributed by atoms with E-state index in [-0.39, 0.29) is 0 Å². The molecule has 0 aromatic heterocycles. The Morgan fingerprint density at radius 2 is 0.545 bits per heavy atom. The highest BCUT2D eigenvalue weighted by atomic mass is 15.1. The molecule has 8 aromatic rings. The van der Waals surface area contributed by atoms with Gasteiger partial charge in [-0.3, -0.25) is 0 Å². The summed E-state index contributed by atoms with van der Waals surface area (Å²) in [6.45, 7) is 8.60. The van der Waals surface area contributed by atoms with E-state index >= 15 is 0 Å². The van der Waals surface area contributed by atoms with Gasteiger partial charge in [-0.1, -0.05) is 131 Å². The van der Waals surface area contributed by atoms with Crippen LogP contribution in [0.2, 0.25) is 0 Å². The van der Waals surface area contributed by atoms with Crippen LogP contribution in [0.25, 0.3) is 22.3 Å². The van der Waals surface area contributed by atoms with Crippen LogP contribution >= 0.6 is 0 Å². The van der Waals surface area contributed by atoms with Crippen LogP contribution in [-0.2, 0) is 5.41 Å². The van der Waals surface area contributed by atoms with Crippen molar-refractivity contribution >= 4 is 34.1 Å². The molecule has 0 saturated heterocycles. The summed E-state index contributed by atoms with van der Waals surface area (Å²) >= 11 is 0. The molecule has 8 aromatic carbocycles. The van der Waals surface area contributed by atoms with Crippen LogP contribution in [0.3, 0.4) is 0 Å². The van der Waals surface area contributed by atoms with Gasteiger partial charge in [-0.15, -0.1) is 0 Å². The van der Waals surface area contributed by atoms with Crippen molar-refractivity contribution in [2.24, 2.45) is 0 Å². The molecule has 0 atom stereocenters. The number of aryl methyl sites for hydroxylation is 4. The number of anilines is 6. The van der Waals surface area contributed by atoms with E-state index in [1.807, 2.05) is 0 Å². The molecule has 2 nitrogen and oxygen atoms in total. The summed E-state index contributed by atoms with van der Waals surface area (Å²) in [4.78, 5) is 4.81. The Morgan fingerprint density at radius 1 is 0.273 bits per heavy atom. The number of hydrogen-bond acceptors (Lipinski definition) is 2. The lowest BCUT2D eigenvalue weighted by Gasteiger charge is -2.33. The van der Waals surface area contributed by atoms with E-state index in [9.17, 15) is 0 Å². The Hall–Kier alpha value is -6.64. The zero-order valence-corrected chi connectivity index (χ0v) is 31.7. The minimum Gasteiger partial charge on any atom is -0.310 e. The van der Waals surface area contributed by atoms with E-state index in [2.05, 4.69) is 219 Å². The summed E-state index contributed by atoms with van der Waals surface area (Å²) < 4.78 is 0. The number of rotatable bonds is 6. The SMILES string of the molecule is Cc1ccc(N(c2ccc(C)cc2)c2ccc3c(c2)C2(c4ccccc4-c4ccccc42)c2cc(N(c4ccc(C)cc4)c4ccc(C)cc4)ccc2-3)cc1. The van der Waals surface area contributed by atoms with E-state index in [1.54, 1.807) is 0 Å². The van der Waals surface area contributed by atoms with Gasteiger partial charge in [0.25, 0.3) is 0 Å². The molecule has 2 heteroatoms. The van der Waals surface area contributed by atoms with Crippen molar-refractivity contribution in [3.63, 3.8) is 0 Å². The van der Waals surface area contributed by atoms with E-state index in [4.69, 9.17) is 0 Å². The average Bonchev–Trinajstić information content (AvgIpc) is 3.68. The third kappa shape index (κ3) is 5.16. The van der Waals surface area contributed by atoms with E-state index in [0.29, 0.717) is 0 Å². The van der Waals surface area contributed by atoms with Crippen molar-refractivity contribution in [2.45, 2.75) is 33.1 Å². The van der Waals surface area contributed by atoms with Crippen LogP contribution in [0.4, 0.5) is 34.1 Å². The normalized spacial score (nSPS) is 12.9. The molecule has 0 N–H and O–H groups in total. The molecule has 0 heterocycles. The fraction of sp³-hybridized carbons (Fsp3) is 0.0943. The molecular formula is C53H42N2. The molecule has 0 fully saturated rings. The van der Waals surface area contributed by atoms with Crippen LogP contribution in [0.1, 0.15) is 44.5 Å². The summed E-state index contributed by atoms with van der Waals surface area (Å²) in [5.74, 6) is 0. The molecule has 55 heavy (non-hydrogen) atoms. The van der Waals surface area contributed by atoms with E-state index < -0.39 is 5.41 Å². The first-order valence-electron chi connectivity index (χ1n) is 19.3. The summed E-state index contributed by atoms with van der Waals surface area (Å²) in [5, 5.41) is 0. The van der Waals surface area contributed by atoms with Gasteiger partial charge < -0.3 is 9.80 Å². The highest BCUT2D eigenvalue weighted by Crippen LogP contribution is 2.64. The zero-order valence-electron chi connectivity index (χ0n) is 31.7. The lowest BCUT2D eigenvalue weighted by molar-refractivity contribution is 0.793. The van der Waals surface area contributed by atoms with Crippen LogP contribution in [0.15, 0.2) is 182 Å². The Bertz CT molecular complexity index is 2440. The number of benzene rings is 8. The van der Waals surface area contributed by atoms with Gasteiger partial charge in [-0.2, -0.15) is 0 Å². The Kier molecular flexibility index (Phi) is 7.64. The first kappa shape index (κ1) is 33.0. The van der Waals surface area contributed by atoms with Gasteiger partial charge in [0.05, 0.1) is 5.41 Å². The quantitative estimate of drug-likeness (QED) is 0.170. The van der Waals surface area contributed by atoms with Crippen molar-refractivity contribution < 1.29 is 0 Å². The molecule has 0 bridgehead atoms. The van der Waals surface area contributed by atoms with E-state index in [0.717, 1.165) is 34.1 Å². The highest BCUT2D eigenvalue weighted by Gasteiger charge is 2.52. The zero-order chi connectivity index (χ0) is 37.3. The molecule has 0 amide bonds. The largest absolute Gasteiger partial charge is 0.310 e. The third-order valence-electron chi connectivity index (χ3n) is 11.7. The number of nitrogens with zero attached hydrogens (tertiary/aromatic N) is 2. The molecule has 0 radical (unpaired) electrons. The van der Waals surface area contributed by atoms with Gasteiger partial charge in [0, 0.05) is 34.1 Å². The lowest BCUT2D eigenvalue weighted by Crippen LogP contribution is -2.26. The average molecular weight is 707 g/mol. The molecule has 2 aliphatic carbocycles. The van der Waals surface area contributed by atoms with Crippen molar-refractivity contribution in [3.8, 4) is 22.3 Å². The molecule has 0 unspecified atom stereocenters.